The summed E-state index contributed by atoms with van der Waals surface area (Å²) < 4.78 is 9.25. The maximum atomic E-state index is 10.8. The normalized spacial score (nSPS) is 12.2. The van der Waals surface area contributed by atoms with Crippen molar-refractivity contribution in [2.24, 2.45) is 0 Å². The number of methoxy groups -OCH3 is 1. The molecule has 0 spiro atoms. The summed E-state index contributed by atoms with van der Waals surface area (Å²) in [4.78, 5) is 10.8. The first-order valence-electron chi connectivity index (χ1n) is 3.66. The van der Waals surface area contributed by atoms with Crippen LogP contribution in [0.4, 0.5) is 0 Å². The summed E-state index contributed by atoms with van der Waals surface area (Å²) in [5.74, 6) is -0.609. The first-order chi connectivity index (χ1) is 5.63. The Morgan fingerprint density at radius 2 is 2.25 bits per heavy atom. The number of ether oxygens (including phenoxy) is 2. The summed E-state index contributed by atoms with van der Waals surface area (Å²) in [5, 5.41) is 9.22. The van der Waals surface area contributed by atoms with E-state index in [9.17, 15) is 9.90 Å². The standard InChI is InChI=1S/C8H14O4/c1-4-12-5-7(9)6(2)8(10)11-3/h7,9H,2,4-5H2,1,3H3. The van der Waals surface area contributed by atoms with Crippen molar-refractivity contribution in [1.29, 1.82) is 0 Å². The molecule has 0 radical (unpaired) electrons. The van der Waals surface area contributed by atoms with E-state index in [0.29, 0.717) is 6.61 Å². The summed E-state index contributed by atoms with van der Waals surface area (Å²) in [6.45, 7) is 5.74. The number of carbonyl (C=O) groups excluding carboxylic acids is 1. The third kappa shape index (κ3) is 3.50. The number of rotatable bonds is 5. The third-order valence-electron chi connectivity index (χ3n) is 1.33. The lowest BCUT2D eigenvalue weighted by molar-refractivity contribution is -0.137. The molecule has 0 amide bonds. The van der Waals surface area contributed by atoms with Gasteiger partial charge in [-0.2, -0.15) is 0 Å². The highest BCUT2D eigenvalue weighted by molar-refractivity contribution is 5.88. The smallest absolute Gasteiger partial charge is 0.335 e. The van der Waals surface area contributed by atoms with Crippen LogP contribution in [-0.4, -0.2) is 37.5 Å². The molecule has 0 saturated carbocycles. The predicted octanol–water partition coefficient (Wildman–Crippen LogP) is 0.113. The van der Waals surface area contributed by atoms with Crippen molar-refractivity contribution in [2.45, 2.75) is 13.0 Å². The molecule has 1 atom stereocenters. The zero-order chi connectivity index (χ0) is 9.56. The molecule has 1 N–H and O–H groups in total. The van der Waals surface area contributed by atoms with Crippen LogP contribution < -0.4 is 0 Å². The zero-order valence-corrected chi connectivity index (χ0v) is 7.37. The summed E-state index contributed by atoms with van der Waals surface area (Å²) in [6.07, 6.45) is -0.975. The molecule has 0 heterocycles. The first-order valence-corrected chi connectivity index (χ1v) is 3.66. The van der Waals surface area contributed by atoms with E-state index in [2.05, 4.69) is 11.3 Å². The van der Waals surface area contributed by atoms with E-state index in [1.807, 2.05) is 0 Å². The molecule has 1 unspecified atom stereocenters. The minimum absolute atomic E-state index is 0.0194. The van der Waals surface area contributed by atoms with Crippen molar-refractivity contribution in [3.63, 3.8) is 0 Å². The SMILES string of the molecule is C=C(C(=O)OC)C(O)COCC. The Balaban J connectivity index is 3.84. The lowest BCUT2D eigenvalue weighted by atomic mass is 10.2. The van der Waals surface area contributed by atoms with E-state index in [0.717, 1.165) is 0 Å². The first kappa shape index (κ1) is 11.1. The number of aliphatic hydroxyl groups is 1. The van der Waals surface area contributed by atoms with E-state index in [-0.39, 0.29) is 12.2 Å². The Kier molecular flexibility index (Phi) is 5.32. The van der Waals surface area contributed by atoms with E-state index < -0.39 is 12.1 Å². The van der Waals surface area contributed by atoms with Gasteiger partial charge in [0.05, 0.1) is 19.3 Å². The maximum Gasteiger partial charge on any atom is 0.335 e. The van der Waals surface area contributed by atoms with Crippen LogP contribution in [0.15, 0.2) is 12.2 Å². The summed E-state index contributed by atoms with van der Waals surface area (Å²) in [6, 6.07) is 0. The minimum Gasteiger partial charge on any atom is -0.466 e. The maximum absolute atomic E-state index is 10.8. The fraction of sp³-hybridized carbons (Fsp3) is 0.625. The van der Waals surface area contributed by atoms with Gasteiger partial charge in [0.25, 0.3) is 0 Å². The molecule has 4 heteroatoms. The van der Waals surface area contributed by atoms with Gasteiger partial charge < -0.3 is 14.6 Å². The Bertz CT molecular complexity index is 164. The molecule has 0 bridgehead atoms. The van der Waals surface area contributed by atoms with Crippen molar-refractivity contribution >= 4 is 5.97 Å². The summed E-state index contributed by atoms with van der Waals surface area (Å²) >= 11 is 0. The van der Waals surface area contributed by atoms with Crippen molar-refractivity contribution in [1.82, 2.24) is 0 Å². The molecule has 0 rings (SSSR count). The third-order valence-corrected chi connectivity index (χ3v) is 1.33. The second-order valence-corrected chi connectivity index (χ2v) is 2.19. The van der Waals surface area contributed by atoms with Crippen molar-refractivity contribution in [3.8, 4) is 0 Å². The Labute approximate surface area is 71.8 Å². The molecule has 0 aliphatic carbocycles. The second-order valence-electron chi connectivity index (χ2n) is 2.19. The van der Waals surface area contributed by atoms with Gasteiger partial charge in [0.15, 0.2) is 0 Å². The highest BCUT2D eigenvalue weighted by Gasteiger charge is 2.16. The van der Waals surface area contributed by atoms with Crippen molar-refractivity contribution in [3.05, 3.63) is 12.2 Å². The van der Waals surface area contributed by atoms with Gasteiger partial charge in [0, 0.05) is 6.61 Å². The van der Waals surface area contributed by atoms with Gasteiger partial charge in [-0.25, -0.2) is 4.79 Å². The Morgan fingerprint density at radius 3 is 2.67 bits per heavy atom. The molecular weight excluding hydrogens is 160 g/mol. The van der Waals surface area contributed by atoms with E-state index >= 15 is 0 Å². The van der Waals surface area contributed by atoms with E-state index in [1.165, 1.54) is 7.11 Å². The topological polar surface area (TPSA) is 55.8 Å². The molecule has 0 aliphatic rings. The lowest BCUT2D eigenvalue weighted by Crippen LogP contribution is -2.23. The number of aliphatic hydroxyl groups excluding tert-OH is 1. The highest BCUT2D eigenvalue weighted by Crippen LogP contribution is 2.01. The van der Waals surface area contributed by atoms with Crippen molar-refractivity contribution in [2.75, 3.05) is 20.3 Å². The molecule has 0 fully saturated rings. The minimum atomic E-state index is -0.975. The van der Waals surface area contributed by atoms with Gasteiger partial charge in [0.1, 0.15) is 6.10 Å². The second kappa shape index (κ2) is 5.74. The fourth-order valence-electron chi connectivity index (χ4n) is 0.597. The average molecular weight is 174 g/mol. The molecule has 12 heavy (non-hydrogen) atoms. The number of hydrogen-bond acceptors (Lipinski definition) is 4. The molecule has 0 aromatic carbocycles. The van der Waals surface area contributed by atoms with Gasteiger partial charge in [-0.15, -0.1) is 0 Å². The van der Waals surface area contributed by atoms with E-state index in [4.69, 9.17) is 4.74 Å². The van der Waals surface area contributed by atoms with Crippen LogP contribution in [0.25, 0.3) is 0 Å². The molecule has 4 nitrogen and oxygen atoms in total. The molecule has 0 saturated heterocycles. The van der Waals surface area contributed by atoms with Crippen molar-refractivity contribution < 1.29 is 19.4 Å². The molecule has 70 valence electrons. The quantitative estimate of drug-likeness (QED) is 0.475. The highest BCUT2D eigenvalue weighted by atomic mass is 16.5. The van der Waals surface area contributed by atoms with Crippen LogP contribution in [0.3, 0.4) is 0 Å². The Morgan fingerprint density at radius 1 is 1.67 bits per heavy atom. The summed E-state index contributed by atoms with van der Waals surface area (Å²) in [5.41, 5.74) is 0.0194. The predicted molar refractivity (Wildman–Crippen MR) is 43.7 cm³/mol. The van der Waals surface area contributed by atoms with Crippen LogP contribution in [0.2, 0.25) is 0 Å². The van der Waals surface area contributed by atoms with Crippen LogP contribution in [0, 0.1) is 0 Å². The van der Waals surface area contributed by atoms with Gasteiger partial charge in [-0.3, -0.25) is 0 Å². The molecule has 0 aromatic rings. The Hall–Kier alpha value is -0.870. The zero-order valence-electron chi connectivity index (χ0n) is 7.37. The molecule has 0 aromatic heterocycles. The number of esters is 1. The van der Waals surface area contributed by atoms with Gasteiger partial charge in [-0.05, 0) is 6.92 Å². The van der Waals surface area contributed by atoms with Gasteiger partial charge in [0.2, 0.25) is 0 Å². The van der Waals surface area contributed by atoms with Crippen LogP contribution in [0.5, 0.6) is 0 Å². The van der Waals surface area contributed by atoms with Crippen LogP contribution in [0.1, 0.15) is 6.92 Å². The summed E-state index contributed by atoms with van der Waals surface area (Å²) in [7, 11) is 1.24. The fourth-order valence-corrected chi connectivity index (χ4v) is 0.597. The van der Waals surface area contributed by atoms with Crippen LogP contribution >= 0.6 is 0 Å². The molecular formula is C8H14O4. The number of carbonyl (C=O) groups is 1. The van der Waals surface area contributed by atoms with Gasteiger partial charge >= 0.3 is 5.97 Å². The van der Waals surface area contributed by atoms with Crippen LogP contribution in [-0.2, 0) is 14.3 Å². The average Bonchev–Trinajstić information content (AvgIpc) is 2.11. The molecule has 0 aliphatic heterocycles. The largest absolute Gasteiger partial charge is 0.466 e. The van der Waals surface area contributed by atoms with Gasteiger partial charge in [-0.1, -0.05) is 6.58 Å². The number of hydrogen-bond donors (Lipinski definition) is 1. The lowest BCUT2D eigenvalue weighted by Gasteiger charge is -2.10. The van der Waals surface area contributed by atoms with E-state index in [1.54, 1.807) is 6.92 Å². The monoisotopic (exact) mass is 174 g/mol.